The van der Waals surface area contributed by atoms with E-state index in [1.165, 1.54) is 24.3 Å². The molecule has 4 N–H and O–H groups in total. The molecular formula is C24H42N2O8P2. The maximum Gasteiger partial charge on any atom is 0.527 e. The van der Waals surface area contributed by atoms with Crippen molar-refractivity contribution in [3.63, 3.8) is 0 Å². The van der Waals surface area contributed by atoms with Gasteiger partial charge in [-0.2, -0.15) is 0 Å². The Morgan fingerprint density at radius 2 is 1.00 bits per heavy atom. The van der Waals surface area contributed by atoms with Crippen molar-refractivity contribution in [3.05, 3.63) is 24.3 Å². The first-order valence-electron chi connectivity index (χ1n) is 12.2. The Morgan fingerprint density at radius 1 is 0.694 bits per heavy atom. The highest BCUT2D eigenvalue weighted by atomic mass is 31.2. The van der Waals surface area contributed by atoms with Gasteiger partial charge in [0.15, 0.2) is 0 Å². The number of rotatable bonds is 8. The molecule has 36 heavy (non-hydrogen) atoms. The van der Waals surface area contributed by atoms with Gasteiger partial charge in [-0.25, -0.2) is 9.13 Å². The SMILES string of the molecule is CC1(C)CC(OP(=O)(O)Oc2cccc(OP(=O)(O)OC3CC(C)(C)NC(C)(C)C3)c2)CC(C)(C)N1. The molecule has 1 aromatic carbocycles. The summed E-state index contributed by atoms with van der Waals surface area (Å²) in [7, 11) is -8.96. The van der Waals surface area contributed by atoms with E-state index in [0.29, 0.717) is 25.7 Å². The standard InChI is InChI=1S/C24H42N2O8P2/c1-21(2)13-19(14-22(3,4)25-21)33-35(27,28)31-17-10-9-11-18(12-17)32-36(29,30)34-20-15-23(5,6)26-24(7,8)16-20/h9-12,19-20,25-26H,13-16H2,1-8H3,(H,27,28)(H,29,30). The van der Waals surface area contributed by atoms with Gasteiger partial charge in [-0.3, -0.25) is 18.8 Å². The minimum absolute atomic E-state index is 0.0325. The summed E-state index contributed by atoms with van der Waals surface area (Å²) in [4.78, 5) is 20.8. The lowest BCUT2D eigenvalue weighted by molar-refractivity contribution is 0.0362. The predicted octanol–water partition coefficient (Wildman–Crippen LogP) is 5.30. The van der Waals surface area contributed by atoms with Crippen LogP contribution < -0.4 is 19.7 Å². The molecule has 2 heterocycles. The number of piperidine rings is 2. The lowest BCUT2D eigenvalue weighted by Gasteiger charge is -2.46. The van der Waals surface area contributed by atoms with Crippen molar-refractivity contribution in [1.82, 2.24) is 10.6 Å². The minimum atomic E-state index is -4.48. The van der Waals surface area contributed by atoms with E-state index in [0.717, 1.165) is 0 Å². The number of phosphoric ester groups is 2. The third-order valence-corrected chi connectivity index (χ3v) is 8.13. The summed E-state index contributed by atoms with van der Waals surface area (Å²) in [6.45, 7) is 16.1. The van der Waals surface area contributed by atoms with Crippen LogP contribution in [0.5, 0.6) is 11.5 Å². The molecule has 0 aromatic heterocycles. The van der Waals surface area contributed by atoms with Crippen LogP contribution in [0.1, 0.15) is 81.1 Å². The molecule has 1 aromatic rings. The van der Waals surface area contributed by atoms with Crippen molar-refractivity contribution in [2.24, 2.45) is 0 Å². The molecule has 2 fully saturated rings. The molecular weight excluding hydrogens is 506 g/mol. The lowest BCUT2D eigenvalue weighted by Crippen LogP contribution is -2.59. The van der Waals surface area contributed by atoms with E-state index in [9.17, 15) is 18.9 Å². The maximum absolute atomic E-state index is 12.8. The van der Waals surface area contributed by atoms with E-state index in [1.54, 1.807) is 0 Å². The molecule has 0 bridgehead atoms. The van der Waals surface area contributed by atoms with Crippen LogP contribution in [0.25, 0.3) is 0 Å². The second-order valence-corrected chi connectivity index (χ2v) is 15.3. The Kier molecular flexibility index (Phi) is 8.20. The third-order valence-electron chi connectivity index (χ3n) is 6.12. The first kappa shape index (κ1) is 29.6. The van der Waals surface area contributed by atoms with Gasteiger partial charge in [0.05, 0.1) is 12.2 Å². The zero-order valence-corrected chi connectivity index (χ0v) is 24.3. The monoisotopic (exact) mass is 548 g/mol. The highest BCUT2D eigenvalue weighted by Crippen LogP contribution is 2.51. The molecule has 2 unspecified atom stereocenters. The molecule has 206 valence electrons. The van der Waals surface area contributed by atoms with Crippen molar-refractivity contribution in [2.45, 2.75) is 115 Å². The second kappa shape index (κ2) is 9.97. The predicted molar refractivity (Wildman–Crippen MR) is 138 cm³/mol. The zero-order chi connectivity index (χ0) is 27.2. The van der Waals surface area contributed by atoms with Gasteiger partial charge in [0.2, 0.25) is 0 Å². The van der Waals surface area contributed by atoms with E-state index >= 15 is 0 Å². The number of nitrogens with one attached hydrogen (secondary N) is 2. The molecule has 2 atom stereocenters. The van der Waals surface area contributed by atoms with Gasteiger partial charge < -0.3 is 19.7 Å². The normalized spacial score (nSPS) is 26.9. The number of benzene rings is 1. The van der Waals surface area contributed by atoms with Crippen LogP contribution in [0.4, 0.5) is 0 Å². The quantitative estimate of drug-likeness (QED) is 0.317. The minimum Gasteiger partial charge on any atom is -0.404 e. The van der Waals surface area contributed by atoms with Crippen LogP contribution in [-0.2, 0) is 18.2 Å². The molecule has 0 saturated carbocycles. The van der Waals surface area contributed by atoms with E-state index < -0.39 is 27.9 Å². The van der Waals surface area contributed by atoms with Gasteiger partial charge in [-0.1, -0.05) is 6.07 Å². The number of hydrogen-bond acceptors (Lipinski definition) is 8. The smallest absolute Gasteiger partial charge is 0.404 e. The molecule has 3 rings (SSSR count). The van der Waals surface area contributed by atoms with E-state index in [1.807, 2.05) is 55.4 Å². The number of hydrogen-bond donors (Lipinski definition) is 4. The summed E-state index contributed by atoms with van der Waals surface area (Å²) in [5.41, 5.74) is -1.11. The van der Waals surface area contributed by atoms with E-state index in [2.05, 4.69) is 10.6 Å². The molecule has 0 aliphatic carbocycles. The van der Waals surface area contributed by atoms with E-state index in [-0.39, 0.29) is 33.7 Å². The van der Waals surface area contributed by atoms with Crippen molar-refractivity contribution >= 4 is 15.6 Å². The van der Waals surface area contributed by atoms with Crippen LogP contribution in [0.3, 0.4) is 0 Å². The van der Waals surface area contributed by atoms with Crippen LogP contribution in [0, 0.1) is 0 Å². The van der Waals surface area contributed by atoms with Gasteiger partial charge in [0, 0.05) is 28.2 Å². The summed E-state index contributed by atoms with van der Waals surface area (Å²) in [6.07, 6.45) is 1.14. The molecule has 2 aliphatic heterocycles. The molecule has 12 heteroatoms. The summed E-state index contributed by atoms with van der Waals surface area (Å²) in [5, 5.41) is 6.98. The molecule has 0 radical (unpaired) electrons. The highest BCUT2D eigenvalue weighted by molar-refractivity contribution is 7.48. The highest BCUT2D eigenvalue weighted by Gasteiger charge is 2.43. The average molecular weight is 549 g/mol. The lowest BCUT2D eigenvalue weighted by atomic mass is 9.81. The number of phosphoric acid groups is 2. The first-order chi connectivity index (χ1) is 16.1. The summed E-state index contributed by atoms with van der Waals surface area (Å²) < 4.78 is 47.1. The molecule has 10 nitrogen and oxygen atoms in total. The van der Waals surface area contributed by atoms with E-state index in [4.69, 9.17) is 18.1 Å². The Bertz CT molecular complexity index is 933. The van der Waals surface area contributed by atoms with Gasteiger partial charge in [-0.15, -0.1) is 0 Å². The fourth-order valence-electron chi connectivity index (χ4n) is 5.88. The second-order valence-electron chi connectivity index (χ2n) is 12.7. The Morgan fingerprint density at radius 3 is 1.31 bits per heavy atom. The summed E-state index contributed by atoms with van der Waals surface area (Å²) in [6, 6.07) is 5.62. The van der Waals surface area contributed by atoms with Gasteiger partial charge >= 0.3 is 15.6 Å². The zero-order valence-electron chi connectivity index (χ0n) is 22.5. The van der Waals surface area contributed by atoms with Gasteiger partial charge in [-0.05, 0) is 93.2 Å². The Labute approximate surface area is 214 Å². The third kappa shape index (κ3) is 9.10. The van der Waals surface area contributed by atoms with Crippen LogP contribution in [-0.4, -0.2) is 44.2 Å². The van der Waals surface area contributed by atoms with Crippen LogP contribution >= 0.6 is 15.6 Å². The Balaban J connectivity index is 1.64. The van der Waals surface area contributed by atoms with Crippen molar-refractivity contribution in [1.29, 1.82) is 0 Å². The maximum atomic E-state index is 12.8. The van der Waals surface area contributed by atoms with Crippen molar-refractivity contribution in [3.8, 4) is 11.5 Å². The molecule has 2 saturated heterocycles. The van der Waals surface area contributed by atoms with Gasteiger partial charge in [0.1, 0.15) is 11.5 Å². The largest absolute Gasteiger partial charge is 0.527 e. The topological polar surface area (TPSA) is 136 Å². The first-order valence-corrected chi connectivity index (χ1v) is 15.2. The average Bonchev–Trinajstić information content (AvgIpc) is 2.53. The molecule has 2 aliphatic rings. The van der Waals surface area contributed by atoms with Crippen molar-refractivity contribution in [2.75, 3.05) is 0 Å². The summed E-state index contributed by atoms with van der Waals surface area (Å²) in [5.74, 6) is -0.0650. The molecule has 0 spiro atoms. The van der Waals surface area contributed by atoms with Crippen LogP contribution in [0.2, 0.25) is 0 Å². The van der Waals surface area contributed by atoms with Crippen LogP contribution in [0.15, 0.2) is 24.3 Å². The Hall–Kier alpha value is -0.960. The molecule has 0 amide bonds. The summed E-state index contributed by atoms with van der Waals surface area (Å²) >= 11 is 0. The fraction of sp³-hybridized carbons (Fsp3) is 0.750. The van der Waals surface area contributed by atoms with Crippen molar-refractivity contribution < 1.29 is 37.0 Å². The van der Waals surface area contributed by atoms with Gasteiger partial charge in [0.25, 0.3) is 0 Å². The fourth-order valence-corrected chi connectivity index (χ4v) is 7.78.